The van der Waals surface area contributed by atoms with Gasteiger partial charge in [-0.25, -0.2) is 15.5 Å². The van der Waals surface area contributed by atoms with Crippen molar-refractivity contribution < 1.29 is 92.7 Å². The number of ether oxygens (including phenoxy) is 6. The zero-order chi connectivity index (χ0) is 52.9. The van der Waals surface area contributed by atoms with Gasteiger partial charge in [-0.2, -0.15) is 0 Å². The molecule has 4 aliphatic carbocycles. The second-order valence-electron chi connectivity index (χ2n) is 20.9. The van der Waals surface area contributed by atoms with E-state index in [4.69, 9.17) is 34.3 Å². The van der Waals surface area contributed by atoms with Crippen LogP contribution in [0.3, 0.4) is 0 Å². The third kappa shape index (κ3) is 9.63. The van der Waals surface area contributed by atoms with Crippen LogP contribution in [0.25, 0.3) is 0 Å². The van der Waals surface area contributed by atoms with Gasteiger partial charge in [-0.3, -0.25) is 24.0 Å². The van der Waals surface area contributed by atoms with Crippen LogP contribution in [0.5, 0.6) is 5.75 Å². The highest BCUT2D eigenvalue weighted by molar-refractivity contribution is 6.01. The number of carbonyl (C=O) groups excluding carboxylic acids is 5. The first-order valence-corrected chi connectivity index (χ1v) is 24.6. The molecule has 23 nitrogen and oxygen atoms in total. The van der Waals surface area contributed by atoms with E-state index in [-0.39, 0.29) is 74.2 Å². The fraction of sp³-hybridized carbons (Fsp3) is 0.569. The Labute approximate surface area is 424 Å². The van der Waals surface area contributed by atoms with E-state index in [1.807, 2.05) is 37.3 Å². The number of ketones is 2. The lowest BCUT2D eigenvalue weighted by molar-refractivity contribution is -0.271. The van der Waals surface area contributed by atoms with Crippen molar-refractivity contribution in [1.82, 2.24) is 10.6 Å². The van der Waals surface area contributed by atoms with Gasteiger partial charge in [0, 0.05) is 41.7 Å². The predicted octanol–water partition coefficient (Wildman–Crippen LogP) is 0.133. The fourth-order valence-corrected chi connectivity index (χ4v) is 12.8. The lowest BCUT2D eigenvalue weighted by Crippen LogP contribution is -2.63. The summed E-state index contributed by atoms with van der Waals surface area (Å²) in [6.45, 7) is 2.73. The first-order valence-electron chi connectivity index (χ1n) is 24.6. The third-order valence-corrected chi connectivity index (χ3v) is 16.3. The Kier molecular flexibility index (Phi) is 14.9. The topological polar surface area (TPSA) is 351 Å². The van der Waals surface area contributed by atoms with Crippen molar-refractivity contribution in [3.8, 4) is 5.75 Å². The summed E-state index contributed by atoms with van der Waals surface area (Å²) in [5.74, 6) is 1.13. The second kappa shape index (κ2) is 20.8. The predicted molar refractivity (Wildman–Crippen MR) is 252 cm³/mol. The van der Waals surface area contributed by atoms with Crippen molar-refractivity contribution in [1.29, 1.82) is 0 Å². The molecule has 11 N–H and O–H groups in total. The van der Waals surface area contributed by atoms with Crippen LogP contribution in [-0.4, -0.2) is 153 Å². The first-order chi connectivity index (χ1) is 35.2. The van der Waals surface area contributed by atoms with Crippen molar-refractivity contribution in [2.24, 2.45) is 34.5 Å². The van der Waals surface area contributed by atoms with Gasteiger partial charge in [0.2, 0.25) is 18.1 Å². The van der Waals surface area contributed by atoms with Crippen LogP contribution in [-0.2, 0) is 65.5 Å². The first kappa shape index (κ1) is 53.1. The van der Waals surface area contributed by atoms with Crippen LogP contribution in [0.2, 0.25) is 0 Å². The van der Waals surface area contributed by atoms with Crippen molar-refractivity contribution in [3.05, 3.63) is 83.0 Å². The zero-order valence-electron chi connectivity index (χ0n) is 40.7. The van der Waals surface area contributed by atoms with E-state index in [1.54, 1.807) is 12.2 Å². The minimum absolute atomic E-state index is 0.0132. The molecule has 6 fully saturated rings. The van der Waals surface area contributed by atoms with E-state index in [0.717, 1.165) is 17.6 Å². The summed E-state index contributed by atoms with van der Waals surface area (Å²) >= 11 is 0. The average molecular weight is 1040 g/mol. The number of carboxylic acid groups (broad SMARTS) is 1. The number of alkyl carbamates (subject to hydrolysis) is 1. The number of amides is 3. The zero-order valence-corrected chi connectivity index (χ0v) is 40.7. The standard InChI is InChI=1S/C51H62N4O19/c1-48-13-11-29(57)16-28(48)8-9-30-31-17-36-51(35(59)20-56,49(31,2)19-33(58)39(30)48)74-45(72-36)27-6-3-25(4-7-27)18-50(23-68-24-50)55-47(67)69-21-26-5-10-34(32(15-26)54-37(60)12-14-53-38(61)22-70-52)71-46-42(64)40(62)41(63)43(73-46)44(65)66/h3-7,10-11,13,15-16,30-31,33,36,39-43,45-46,56,58,62-64H,8-9,12,14,17-24,52H2,1-2H3,(H,53,61)(H,54,60)(H,55,67)(H,65,66)/t30-,31-,33-,36+,39+,40-,41-,42+,43-,45+,46+,48-,49-,51+/m0/s1. The van der Waals surface area contributed by atoms with Gasteiger partial charge in [0.05, 0.1) is 36.6 Å². The van der Waals surface area contributed by atoms with Crippen LogP contribution in [0, 0.1) is 28.6 Å². The quantitative estimate of drug-likeness (QED) is 0.0942. The Morgan fingerprint density at radius 2 is 1.68 bits per heavy atom. The molecule has 3 amide bonds. The maximum Gasteiger partial charge on any atom is 0.408 e. The summed E-state index contributed by atoms with van der Waals surface area (Å²) in [4.78, 5) is 80.4. The molecule has 74 heavy (non-hydrogen) atoms. The summed E-state index contributed by atoms with van der Waals surface area (Å²) in [6.07, 6.45) is -5.43. The molecule has 2 aromatic rings. The molecule has 0 aromatic heterocycles. The summed E-state index contributed by atoms with van der Waals surface area (Å²) in [6, 6.07) is 11.5. The normalized spacial score (nSPS) is 35.4. The highest BCUT2D eigenvalue weighted by Gasteiger charge is 2.76. The van der Waals surface area contributed by atoms with Gasteiger partial charge in [-0.1, -0.05) is 55.8 Å². The highest BCUT2D eigenvalue weighted by atomic mass is 16.7. The van der Waals surface area contributed by atoms with E-state index in [9.17, 15) is 59.4 Å². The lowest BCUT2D eigenvalue weighted by atomic mass is 9.46. The highest BCUT2D eigenvalue weighted by Crippen LogP contribution is 2.70. The minimum atomic E-state index is -1.98. The molecule has 2 aromatic carbocycles. The molecule has 0 radical (unpaired) electrons. The Hall–Kier alpha value is -5.70. The molecule has 3 saturated heterocycles. The lowest BCUT2D eigenvalue weighted by Gasteiger charge is -2.59. The third-order valence-electron chi connectivity index (χ3n) is 16.3. The van der Waals surface area contributed by atoms with Crippen LogP contribution < -0.4 is 26.6 Å². The fourth-order valence-electron chi connectivity index (χ4n) is 12.8. The van der Waals surface area contributed by atoms with E-state index in [0.29, 0.717) is 30.4 Å². The van der Waals surface area contributed by atoms with Crippen LogP contribution in [0.15, 0.2) is 66.3 Å². The molecule has 14 atom stereocenters. The van der Waals surface area contributed by atoms with Crippen LogP contribution >= 0.6 is 0 Å². The molecule has 7 aliphatic rings. The van der Waals surface area contributed by atoms with E-state index in [1.165, 1.54) is 18.2 Å². The van der Waals surface area contributed by atoms with Gasteiger partial charge in [0.15, 0.2) is 29.6 Å². The number of Topliss-reactive ketones (excluding diaryl/α,β-unsaturated/α-hetero) is 1. The van der Waals surface area contributed by atoms with Gasteiger partial charge < -0.3 is 75.0 Å². The number of allylic oxidation sites excluding steroid dienone is 4. The number of aliphatic hydroxyl groups is 5. The molecule has 0 spiro atoms. The summed E-state index contributed by atoms with van der Waals surface area (Å²) in [5, 5.41) is 70.9. The van der Waals surface area contributed by atoms with E-state index in [2.05, 4.69) is 27.7 Å². The summed E-state index contributed by atoms with van der Waals surface area (Å²) < 4.78 is 35.5. The SMILES string of the molecule is C[C@]12C=CC(=O)C=C1CC[C@@H]1[C@@H]2[C@@H](O)C[C@@]2(C)[C@H]1C[C@H]1O[C@@H](c3ccc(CC4(NC(=O)OCc5ccc(O[C@@H]6O[C@H](C(=O)O)[C@@H](O)[C@H](O)[C@H]6O)c(NC(=O)CCNC(=O)CON)c5)COC4)cc3)O[C@]12C(=O)CO. The number of carbonyl (C=O) groups is 6. The summed E-state index contributed by atoms with van der Waals surface area (Å²) in [7, 11) is 0. The van der Waals surface area contributed by atoms with Gasteiger partial charge in [-0.05, 0) is 72.9 Å². The van der Waals surface area contributed by atoms with Gasteiger partial charge >= 0.3 is 12.1 Å². The molecule has 23 heteroatoms. The Bertz CT molecular complexity index is 2590. The number of nitrogens with two attached hydrogens (primary N) is 1. The number of anilines is 1. The van der Waals surface area contributed by atoms with E-state index >= 15 is 0 Å². The largest absolute Gasteiger partial charge is 0.479 e. The molecule has 400 valence electrons. The van der Waals surface area contributed by atoms with Gasteiger partial charge in [0.25, 0.3) is 0 Å². The maximum absolute atomic E-state index is 14.0. The molecule has 3 heterocycles. The molecular weight excluding hydrogens is 973 g/mol. The van der Waals surface area contributed by atoms with Crippen LogP contribution in [0.1, 0.15) is 68.9 Å². The number of rotatable bonds is 17. The van der Waals surface area contributed by atoms with Gasteiger partial charge in [-0.15, -0.1) is 0 Å². The molecule has 0 unspecified atom stereocenters. The number of hydrogen-bond donors (Lipinski definition) is 10. The number of carboxylic acids is 1. The minimum Gasteiger partial charge on any atom is -0.479 e. The van der Waals surface area contributed by atoms with Crippen LogP contribution in [0.4, 0.5) is 10.5 Å². The molecular formula is C51H62N4O19. The number of aliphatic carboxylic acids is 1. The summed E-state index contributed by atoms with van der Waals surface area (Å²) in [5.41, 5.74) is -1.00. The van der Waals surface area contributed by atoms with Crippen molar-refractivity contribution in [3.63, 3.8) is 0 Å². The van der Waals surface area contributed by atoms with E-state index < -0.39 is 114 Å². The monoisotopic (exact) mass is 1030 g/mol. The molecule has 3 aliphatic heterocycles. The maximum atomic E-state index is 14.0. The number of aliphatic hydroxyl groups excluding tert-OH is 5. The Morgan fingerprint density at radius 3 is 2.36 bits per heavy atom. The van der Waals surface area contributed by atoms with Crippen molar-refractivity contribution >= 4 is 41.1 Å². The smallest absolute Gasteiger partial charge is 0.408 e. The van der Waals surface area contributed by atoms with Gasteiger partial charge in [0.1, 0.15) is 43.9 Å². The number of fused-ring (bicyclic) bond motifs is 7. The molecule has 3 saturated carbocycles. The Morgan fingerprint density at radius 1 is 0.932 bits per heavy atom. The number of nitrogens with one attached hydrogen (secondary N) is 3. The number of hydrogen-bond acceptors (Lipinski definition) is 19. The Balaban J connectivity index is 0.841. The average Bonchev–Trinajstić information content (AvgIpc) is 3.88. The second-order valence-corrected chi connectivity index (χ2v) is 20.9. The molecule has 0 bridgehead atoms. The van der Waals surface area contributed by atoms with Crippen molar-refractivity contribution in [2.45, 2.75) is 119 Å². The number of benzene rings is 2. The van der Waals surface area contributed by atoms with Crippen molar-refractivity contribution in [2.75, 3.05) is 38.3 Å². The molecule has 9 rings (SSSR count).